The van der Waals surface area contributed by atoms with Crippen LogP contribution in [0.3, 0.4) is 0 Å². The lowest BCUT2D eigenvalue weighted by molar-refractivity contribution is 0.600. The van der Waals surface area contributed by atoms with Crippen LogP contribution in [-0.4, -0.2) is 24.6 Å². The van der Waals surface area contributed by atoms with Gasteiger partial charge in [-0.05, 0) is 31.4 Å². The summed E-state index contributed by atoms with van der Waals surface area (Å²) in [5.74, 6) is 1.77. The molecule has 3 heteroatoms. The van der Waals surface area contributed by atoms with Gasteiger partial charge in [0, 0.05) is 25.8 Å². The predicted octanol–water partition coefficient (Wildman–Crippen LogP) is 2.28. The average Bonchev–Trinajstić information content (AvgIpc) is 2.38. The van der Waals surface area contributed by atoms with Gasteiger partial charge in [-0.25, -0.2) is 4.98 Å². The van der Waals surface area contributed by atoms with E-state index in [1.165, 1.54) is 11.3 Å². The van der Waals surface area contributed by atoms with E-state index in [9.17, 15) is 0 Å². The summed E-state index contributed by atoms with van der Waals surface area (Å²) in [7, 11) is 0. The van der Waals surface area contributed by atoms with E-state index >= 15 is 0 Å². The van der Waals surface area contributed by atoms with Crippen molar-refractivity contribution in [3.63, 3.8) is 0 Å². The van der Waals surface area contributed by atoms with Gasteiger partial charge in [0.25, 0.3) is 0 Å². The van der Waals surface area contributed by atoms with Crippen molar-refractivity contribution >= 4 is 11.5 Å². The molecule has 2 rings (SSSR count). The van der Waals surface area contributed by atoms with Crippen LogP contribution < -0.4 is 10.2 Å². The van der Waals surface area contributed by atoms with Gasteiger partial charge in [0.1, 0.15) is 0 Å². The summed E-state index contributed by atoms with van der Waals surface area (Å²) in [5, 5.41) is 3.48. The first-order chi connectivity index (χ1) is 7.20. The highest BCUT2D eigenvalue weighted by Gasteiger charge is 2.18. The topological polar surface area (TPSA) is 28.2 Å². The van der Waals surface area contributed by atoms with E-state index in [2.05, 4.69) is 42.0 Å². The van der Waals surface area contributed by atoms with Gasteiger partial charge in [-0.15, -0.1) is 0 Å². The monoisotopic (exact) mass is 205 g/mol. The Bertz CT molecular complexity index is 349. The van der Waals surface area contributed by atoms with Crippen LogP contribution in [0.2, 0.25) is 0 Å². The van der Waals surface area contributed by atoms with Gasteiger partial charge >= 0.3 is 0 Å². The number of hydrogen-bond donors (Lipinski definition) is 1. The second-order valence-electron chi connectivity index (χ2n) is 4.41. The van der Waals surface area contributed by atoms with Gasteiger partial charge < -0.3 is 10.2 Å². The van der Waals surface area contributed by atoms with Crippen molar-refractivity contribution in [1.82, 2.24) is 4.98 Å². The Kier molecular flexibility index (Phi) is 2.80. The van der Waals surface area contributed by atoms with E-state index < -0.39 is 0 Å². The normalized spacial score (nSPS) is 20.5. The van der Waals surface area contributed by atoms with Crippen LogP contribution in [0.4, 0.5) is 11.5 Å². The Hall–Kier alpha value is -1.25. The number of anilines is 2. The van der Waals surface area contributed by atoms with Crippen molar-refractivity contribution in [1.29, 1.82) is 0 Å². The molecule has 1 atom stereocenters. The van der Waals surface area contributed by atoms with Gasteiger partial charge in [0.2, 0.25) is 0 Å². The second-order valence-corrected chi connectivity index (χ2v) is 4.41. The summed E-state index contributed by atoms with van der Waals surface area (Å²) < 4.78 is 0. The molecule has 2 heterocycles. The molecule has 1 aliphatic heterocycles. The zero-order chi connectivity index (χ0) is 10.8. The summed E-state index contributed by atoms with van der Waals surface area (Å²) in [5.41, 5.74) is 2.40. The first-order valence-corrected chi connectivity index (χ1v) is 5.66. The molecule has 82 valence electrons. The van der Waals surface area contributed by atoms with Crippen LogP contribution in [-0.2, 0) is 0 Å². The number of aryl methyl sites for hydroxylation is 1. The SMILES string of the molecule is CCN1CC(C)CNc2cc(C)cnc21. The Morgan fingerprint density at radius 1 is 1.60 bits per heavy atom. The van der Waals surface area contributed by atoms with E-state index in [0.717, 1.165) is 25.5 Å². The Labute approximate surface area is 91.5 Å². The van der Waals surface area contributed by atoms with Crippen molar-refractivity contribution in [2.45, 2.75) is 20.8 Å². The molecular formula is C12H19N3. The standard InChI is InChI=1S/C12H19N3/c1-4-15-8-10(3)7-13-11-5-9(2)6-14-12(11)15/h5-6,10,13H,4,7-8H2,1-3H3. The number of aromatic nitrogens is 1. The van der Waals surface area contributed by atoms with Gasteiger partial charge in [0.05, 0.1) is 5.69 Å². The molecule has 0 radical (unpaired) electrons. The maximum atomic E-state index is 4.53. The van der Waals surface area contributed by atoms with Gasteiger partial charge in [-0.3, -0.25) is 0 Å². The molecule has 0 aliphatic carbocycles. The summed E-state index contributed by atoms with van der Waals surface area (Å²) in [6, 6.07) is 2.18. The quantitative estimate of drug-likeness (QED) is 0.762. The van der Waals surface area contributed by atoms with Crippen LogP contribution in [0.15, 0.2) is 12.3 Å². The van der Waals surface area contributed by atoms with Crippen LogP contribution in [0.5, 0.6) is 0 Å². The van der Waals surface area contributed by atoms with Crippen molar-refractivity contribution in [3.8, 4) is 0 Å². The minimum Gasteiger partial charge on any atom is -0.382 e. The molecule has 3 nitrogen and oxygen atoms in total. The van der Waals surface area contributed by atoms with Crippen molar-refractivity contribution in [2.75, 3.05) is 29.9 Å². The molecule has 0 bridgehead atoms. The zero-order valence-corrected chi connectivity index (χ0v) is 9.75. The first kappa shape index (κ1) is 10.3. The molecule has 0 fully saturated rings. The minimum atomic E-state index is 0.666. The molecule has 0 aromatic carbocycles. The van der Waals surface area contributed by atoms with Crippen LogP contribution in [0.1, 0.15) is 19.4 Å². The highest BCUT2D eigenvalue weighted by atomic mass is 15.2. The van der Waals surface area contributed by atoms with E-state index in [0.29, 0.717) is 5.92 Å². The third-order valence-corrected chi connectivity index (χ3v) is 2.86. The minimum absolute atomic E-state index is 0.666. The molecule has 0 saturated heterocycles. The largest absolute Gasteiger partial charge is 0.382 e. The Balaban J connectivity index is 2.38. The van der Waals surface area contributed by atoms with Crippen LogP contribution >= 0.6 is 0 Å². The number of nitrogens with zero attached hydrogens (tertiary/aromatic N) is 2. The van der Waals surface area contributed by atoms with E-state index in [4.69, 9.17) is 0 Å². The molecular weight excluding hydrogens is 186 g/mol. The van der Waals surface area contributed by atoms with E-state index in [1.807, 2.05) is 6.20 Å². The zero-order valence-electron chi connectivity index (χ0n) is 9.75. The maximum Gasteiger partial charge on any atom is 0.151 e. The summed E-state index contributed by atoms with van der Waals surface area (Å²) in [6.07, 6.45) is 1.94. The summed E-state index contributed by atoms with van der Waals surface area (Å²) >= 11 is 0. The van der Waals surface area contributed by atoms with E-state index in [-0.39, 0.29) is 0 Å². The number of pyridine rings is 1. The summed E-state index contributed by atoms with van der Waals surface area (Å²) in [6.45, 7) is 9.69. The fourth-order valence-corrected chi connectivity index (χ4v) is 2.03. The van der Waals surface area contributed by atoms with Gasteiger partial charge in [0.15, 0.2) is 5.82 Å². The number of rotatable bonds is 1. The van der Waals surface area contributed by atoms with Crippen molar-refractivity contribution < 1.29 is 0 Å². The first-order valence-electron chi connectivity index (χ1n) is 5.66. The maximum absolute atomic E-state index is 4.53. The molecule has 0 amide bonds. The molecule has 1 unspecified atom stereocenters. The van der Waals surface area contributed by atoms with Crippen molar-refractivity contribution in [3.05, 3.63) is 17.8 Å². The van der Waals surface area contributed by atoms with Gasteiger partial charge in [-0.2, -0.15) is 0 Å². The molecule has 0 spiro atoms. The molecule has 0 saturated carbocycles. The lowest BCUT2D eigenvalue weighted by Crippen LogP contribution is -2.28. The summed E-state index contributed by atoms with van der Waals surface area (Å²) in [4.78, 5) is 6.88. The number of nitrogens with one attached hydrogen (secondary N) is 1. The molecule has 15 heavy (non-hydrogen) atoms. The Morgan fingerprint density at radius 3 is 3.13 bits per heavy atom. The average molecular weight is 205 g/mol. The third kappa shape index (κ3) is 2.06. The lowest BCUT2D eigenvalue weighted by Gasteiger charge is -2.22. The fraction of sp³-hybridized carbons (Fsp3) is 0.583. The highest BCUT2D eigenvalue weighted by Crippen LogP contribution is 2.27. The number of hydrogen-bond acceptors (Lipinski definition) is 3. The second kappa shape index (κ2) is 4.09. The molecule has 1 N–H and O–H groups in total. The molecule has 1 aromatic rings. The number of fused-ring (bicyclic) bond motifs is 1. The fourth-order valence-electron chi connectivity index (χ4n) is 2.03. The predicted molar refractivity (Wildman–Crippen MR) is 64.5 cm³/mol. The van der Waals surface area contributed by atoms with E-state index in [1.54, 1.807) is 0 Å². The molecule has 1 aliphatic rings. The van der Waals surface area contributed by atoms with Gasteiger partial charge in [-0.1, -0.05) is 6.92 Å². The Morgan fingerprint density at radius 2 is 2.40 bits per heavy atom. The third-order valence-electron chi connectivity index (χ3n) is 2.86. The lowest BCUT2D eigenvalue weighted by atomic mass is 10.2. The molecule has 1 aromatic heterocycles. The van der Waals surface area contributed by atoms with Crippen LogP contribution in [0.25, 0.3) is 0 Å². The highest BCUT2D eigenvalue weighted by molar-refractivity contribution is 5.67. The smallest absolute Gasteiger partial charge is 0.151 e. The van der Waals surface area contributed by atoms with Crippen LogP contribution in [0, 0.1) is 12.8 Å². The van der Waals surface area contributed by atoms with Crippen molar-refractivity contribution in [2.24, 2.45) is 5.92 Å².